The lowest BCUT2D eigenvalue weighted by Gasteiger charge is -2.12. The second-order valence-corrected chi connectivity index (χ2v) is 4.84. The number of hydrogen-bond donors (Lipinski definition) is 1. The van der Waals surface area contributed by atoms with Crippen LogP contribution in [-0.4, -0.2) is 17.2 Å². The second kappa shape index (κ2) is 4.82. The average molecular weight is 256 g/mol. The molecule has 2 rings (SSSR count). The molecule has 0 radical (unpaired) electrons. The van der Waals surface area contributed by atoms with Gasteiger partial charge in [0, 0.05) is 5.56 Å². The van der Waals surface area contributed by atoms with Gasteiger partial charge in [-0.15, -0.1) is 11.3 Å². The van der Waals surface area contributed by atoms with Crippen molar-refractivity contribution in [1.82, 2.24) is 4.98 Å². The van der Waals surface area contributed by atoms with Crippen LogP contribution in [0.25, 0.3) is 0 Å². The number of aliphatic hydroxyl groups is 1. The maximum absolute atomic E-state index is 10.1. The first-order chi connectivity index (χ1) is 7.72. The minimum absolute atomic E-state index is 0.559. The van der Waals surface area contributed by atoms with Gasteiger partial charge in [-0.2, -0.15) is 0 Å². The first-order valence-electron chi connectivity index (χ1n) is 4.64. The highest BCUT2D eigenvalue weighted by Crippen LogP contribution is 2.32. The number of methoxy groups -OCH3 is 1. The van der Waals surface area contributed by atoms with E-state index in [1.807, 2.05) is 12.1 Å². The molecule has 0 aliphatic rings. The molecule has 1 unspecified atom stereocenters. The average Bonchev–Trinajstić information content (AvgIpc) is 2.75. The number of para-hydroxylation sites is 1. The molecule has 1 aromatic heterocycles. The van der Waals surface area contributed by atoms with Gasteiger partial charge < -0.3 is 9.84 Å². The molecule has 0 spiro atoms. The number of hydrogen-bond acceptors (Lipinski definition) is 4. The van der Waals surface area contributed by atoms with E-state index in [0.29, 0.717) is 20.7 Å². The molecule has 1 atom stereocenters. The predicted octanol–water partition coefficient (Wildman–Crippen LogP) is 2.89. The summed E-state index contributed by atoms with van der Waals surface area (Å²) in [6.45, 7) is 0. The zero-order chi connectivity index (χ0) is 11.5. The molecule has 2 aromatic rings. The van der Waals surface area contributed by atoms with Crippen LogP contribution < -0.4 is 4.74 Å². The van der Waals surface area contributed by atoms with E-state index in [4.69, 9.17) is 16.3 Å². The molecule has 0 aliphatic carbocycles. The van der Waals surface area contributed by atoms with Crippen LogP contribution >= 0.6 is 22.9 Å². The number of rotatable bonds is 3. The van der Waals surface area contributed by atoms with Crippen molar-refractivity contribution in [2.45, 2.75) is 6.10 Å². The number of halogens is 1. The molecule has 3 nitrogen and oxygen atoms in total. The summed E-state index contributed by atoms with van der Waals surface area (Å²) in [4.78, 5) is 4.05. The lowest BCUT2D eigenvalue weighted by atomic mass is 10.1. The molecule has 84 valence electrons. The Balaban J connectivity index is 2.36. The van der Waals surface area contributed by atoms with Crippen LogP contribution in [0.4, 0.5) is 0 Å². The van der Waals surface area contributed by atoms with Crippen LogP contribution in [0.2, 0.25) is 4.34 Å². The van der Waals surface area contributed by atoms with Gasteiger partial charge in [-0.1, -0.05) is 29.8 Å². The first kappa shape index (κ1) is 11.4. The van der Waals surface area contributed by atoms with Crippen LogP contribution in [0.1, 0.15) is 16.7 Å². The van der Waals surface area contributed by atoms with Gasteiger partial charge in [-0.25, -0.2) is 4.98 Å². The molecular weight excluding hydrogens is 246 g/mol. The van der Waals surface area contributed by atoms with Gasteiger partial charge in [0.1, 0.15) is 21.2 Å². The summed E-state index contributed by atoms with van der Waals surface area (Å²) in [5, 5.41) is 10.7. The van der Waals surface area contributed by atoms with Gasteiger partial charge in [0.15, 0.2) is 0 Å². The number of nitrogens with zero attached hydrogens (tertiary/aromatic N) is 1. The molecule has 0 bridgehead atoms. The summed E-state index contributed by atoms with van der Waals surface area (Å²) in [5.41, 5.74) is 0.691. The molecule has 16 heavy (non-hydrogen) atoms. The molecule has 1 aromatic carbocycles. The van der Waals surface area contributed by atoms with Crippen molar-refractivity contribution in [1.29, 1.82) is 0 Å². The molecule has 0 aliphatic heterocycles. The third kappa shape index (κ3) is 2.19. The van der Waals surface area contributed by atoms with Crippen LogP contribution in [0.3, 0.4) is 0 Å². The Bertz CT molecular complexity index is 486. The fourth-order valence-electron chi connectivity index (χ4n) is 1.42. The lowest BCUT2D eigenvalue weighted by molar-refractivity contribution is 0.214. The second-order valence-electron chi connectivity index (χ2n) is 3.15. The maximum Gasteiger partial charge on any atom is 0.134 e. The molecular formula is C11H10ClNO2S. The SMILES string of the molecule is COc1ccccc1C(O)c1ncc(Cl)s1. The fraction of sp³-hybridized carbons (Fsp3) is 0.182. The van der Waals surface area contributed by atoms with Gasteiger partial charge in [0.05, 0.1) is 13.3 Å². The maximum atomic E-state index is 10.1. The highest BCUT2D eigenvalue weighted by atomic mass is 35.5. The highest BCUT2D eigenvalue weighted by molar-refractivity contribution is 7.15. The van der Waals surface area contributed by atoms with Gasteiger partial charge in [-0.3, -0.25) is 0 Å². The largest absolute Gasteiger partial charge is 0.496 e. The normalized spacial score (nSPS) is 12.4. The third-order valence-corrected chi connectivity index (χ3v) is 3.33. The predicted molar refractivity (Wildman–Crippen MR) is 64.2 cm³/mol. The summed E-state index contributed by atoms with van der Waals surface area (Å²) < 4.78 is 5.74. The van der Waals surface area contributed by atoms with E-state index in [-0.39, 0.29) is 0 Å². The molecule has 0 amide bonds. The standard InChI is InChI=1S/C11H10ClNO2S/c1-15-8-5-3-2-4-7(8)10(14)11-13-6-9(12)16-11/h2-6,10,14H,1H3. The summed E-state index contributed by atoms with van der Waals surface area (Å²) in [7, 11) is 1.57. The van der Waals surface area contributed by atoms with E-state index < -0.39 is 6.10 Å². The Hall–Kier alpha value is -1.10. The van der Waals surface area contributed by atoms with Gasteiger partial charge in [0.2, 0.25) is 0 Å². The van der Waals surface area contributed by atoms with Crippen molar-refractivity contribution >= 4 is 22.9 Å². The fourth-order valence-corrected chi connectivity index (χ4v) is 2.35. The number of thiazole rings is 1. The Kier molecular flexibility index (Phi) is 3.43. The summed E-state index contributed by atoms with van der Waals surface area (Å²) in [6.07, 6.45) is 0.730. The lowest BCUT2D eigenvalue weighted by Crippen LogP contribution is -2.01. The Labute approximate surface area is 102 Å². The van der Waals surface area contributed by atoms with Crippen molar-refractivity contribution in [3.63, 3.8) is 0 Å². The summed E-state index contributed by atoms with van der Waals surface area (Å²) in [5.74, 6) is 0.640. The van der Waals surface area contributed by atoms with Crippen LogP contribution in [0.15, 0.2) is 30.5 Å². The first-order valence-corrected chi connectivity index (χ1v) is 5.84. The van der Waals surface area contributed by atoms with Crippen LogP contribution in [-0.2, 0) is 0 Å². The summed E-state index contributed by atoms with van der Waals surface area (Å²) >= 11 is 7.04. The zero-order valence-electron chi connectivity index (χ0n) is 8.55. The molecule has 5 heteroatoms. The Morgan fingerprint density at radius 1 is 1.44 bits per heavy atom. The minimum Gasteiger partial charge on any atom is -0.496 e. The minimum atomic E-state index is -0.798. The smallest absolute Gasteiger partial charge is 0.134 e. The quantitative estimate of drug-likeness (QED) is 0.917. The van der Waals surface area contributed by atoms with E-state index in [9.17, 15) is 5.11 Å². The topological polar surface area (TPSA) is 42.4 Å². The van der Waals surface area contributed by atoms with Crippen molar-refractivity contribution < 1.29 is 9.84 Å². The van der Waals surface area contributed by atoms with Crippen molar-refractivity contribution in [2.24, 2.45) is 0 Å². The Morgan fingerprint density at radius 3 is 2.81 bits per heavy atom. The van der Waals surface area contributed by atoms with E-state index in [1.54, 1.807) is 19.2 Å². The molecule has 1 N–H and O–H groups in total. The molecule has 0 fully saturated rings. The molecule has 0 saturated heterocycles. The highest BCUT2D eigenvalue weighted by Gasteiger charge is 2.17. The van der Waals surface area contributed by atoms with Gasteiger partial charge >= 0.3 is 0 Å². The van der Waals surface area contributed by atoms with Crippen LogP contribution in [0.5, 0.6) is 5.75 Å². The number of aromatic nitrogens is 1. The summed E-state index contributed by atoms with van der Waals surface area (Å²) in [6, 6.07) is 7.30. The molecule has 0 saturated carbocycles. The van der Waals surface area contributed by atoms with Crippen molar-refractivity contribution in [3.05, 3.63) is 45.4 Å². The number of aliphatic hydroxyl groups excluding tert-OH is 1. The van der Waals surface area contributed by atoms with E-state index >= 15 is 0 Å². The van der Waals surface area contributed by atoms with E-state index in [2.05, 4.69) is 4.98 Å². The van der Waals surface area contributed by atoms with Gasteiger partial charge in [0.25, 0.3) is 0 Å². The molecule has 1 heterocycles. The van der Waals surface area contributed by atoms with Crippen LogP contribution in [0, 0.1) is 0 Å². The van der Waals surface area contributed by atoms with Crippen molar-refractivity contribution in [2.75, 3.05) is 7.11 Å². The van der Waals surface area contributed by atoms with Gasteiger partial charge in [-0.05, 0) is 6.07 Å². The third-order valence-electron chi connectivity index (χ3n) is 2.16. The zero-order valence-corrected chi connectivity index (χ0v) is 10.1. The number of benzene rings is 1. The van der Waals surface area contributed by atoms with Crippen molar-refractivity contribution in [3.8, 4) is 5.75 Å². The van der Waals surface area contributed by atoms with E-state index in [1.165, 1.54) is 17.5 Å². The number of ether oxygens (including phenoxy) is 1. The van der Waals surface area contributed by atoms with E-state index in [0.717, 1.165) is 0 Å². The monoisotopic (exact) mass is 255 g/mol. The Morgan fingerprint density at radius 2 is 2.19 bits per heavy atom.